The first kappa shape index (κ1) is 16.6. The second-order valence-electron chi connectivity index (χ2n) is 4.33. The van der Waals surface area contributed by atoms with Crippen LogP contribution in [0.25, 0.3) is 11.6 Å². The van der Waals surface area contributed by atoms with Crippen molar-refractivity contribution in [3.63, 3.8) is 0 Å². The Labute approximate surface area is 138 Å². The van der Waals surface area contributed by atoms with E-state index in [-0.39, 0.29) is 34.0 Å². The number of pyridine rings is 1. The van der Waals surface area contributed by atoms with E-state index in [1.807, 2.05) is 88.0 Å². The number of halogens is 2. The molecule has 3 rings (SSSR count). The SMILES string of the molecule is C[n+]1ccn(-c2cccc(-n3cc[n+](C)c3)n2)c1.[Br-].[Br-]. The van der Waals surface area contributed by atoms with Crippen LogP contribution < -0.4 is 43.1 Å². The maximum absolute atomic E-state index is 4.64. The summed E-state index contributed by atoms with van der Waals surface area (Å²) in [6.45, 7) is 0. The Hall–Kier alpha value is -1.47. The summed E-state index contributed by atoms with van der Waals surface area (Å²) < 4.78 is 7.97. The van der Waals surface area contributed by atoms with Crippen LogP contribution in [0.3, 0.4) is 0 Å². The maximum atomic E-state index is 4.64. The van der Waals surface area contributed by atoms with E-state index in [1.165, 1.54) is 0 Å². The lowest BCUT2D eigenvalue weighted by Gasteiger charge is -1.97. The zero-order valence-electron chi connectivity index (χ0n) is 11.2. The van der Waals surface area contributed by atoms with Crippen molar-refractivity contribution in [3.05, 3.63) is 55.6 Å². The first-order chi connectivity index (χ1) is 8.72. The summed E-state index contributed by atoms with van der Waals surface area (Å²) in [5.74, 6) is 1.81. The first-order valence-corrected chi connectivity index (χ1v) is 5.77. The van der Waals surface area contributed by atoms with Gasteiger partial charge >= 0.3 is 0 Å². The Morgan fingerprint density at radius 1 is 0.850 bits per heavy atom. The predicted molar refractivity (Wildman–Crippen MR) is 65.2 cm³/mol. The molecule has 0 bridgehead atoms. The van der Waals surface area contributed by atoms with Crippen LogP contribution in [0.1, 0.15) is 0 Å². The highest BCUT2D eigenvalue weighted by Gasteiger charge is 2.10. The van der Waals surface area contributed by atoms with Crippen molar-refractivity contribution in [2.45, 2.75) is 0 Å². The van der Waals surface area contributed by atoms with Crippen molar-refractivity contribution >= 4 is 0 Å². The third-order valence-corrected chi connectivity index (χ3v) is 2.79. The number of hydrogen-bond donors (Lipinski definition) is 0. The fourth-order valence-corrected chi connectivity index (χ4v) is 1.87. The van der Waals surface area contributed by atoms with Crippen LogP contribution in [-0.2, 0) is 14.1 Å². The highest BCUT2D eigenvalue weighted by molar-refractivity contribution is 5.31. The zero-order valence-corrected chi connectivity index (χ0v) is 14.4. The number of aryl methyl sites for hydroxylation is 2. The summed E-state index contributed by atoms with van der Waals surface area (Å²) in [5.41, 5.74) is 0. The Morgan fingerprint density at radius 2 is 1.30 bits per heavy atom. The van der Waals surface area contributed by atoms with Crippen molar-refractivity contribution in [2.75, 3.05) is 0 Å². The summed E-state index contributed by atoms with van der Waals surface area (Å²) >= 11 is 0. The highest BCUT2D eigenvalue weighted by Crippen LogP contribution is 2.07. The lowest BCUT2D eigenvalue weighted by atomic mass is 10.4. The number of imidazole rings is 2. The Morgan fingerprint density at radius 3 is 1.65 bits per heavy atom. The van der Waals surface area contributed by atoms with Gasteiger partial charge in [-0.3, -0.25) is 0 Å². The third-order valence-electron chi connectivity index (χ3n) is 2.79. The summed E-state index contributed by atoms with van der Waals surface area (Å²) in [4.78, 5) is 4.64. The van der Waals surface area contributed by atoms with Crippen LogP contribution in [0.5, 0.6) is 0 Å². The molecule has 7 heteroatoms. The molecular weight excluding hydrogens is 386 g/mol. The van der Waals surface area contributed by atoms with Crippen molar-refractivity contribution in [2.24, 2.45) is 14.1 Å². The summed E-state index contributed by atoms with van der Waals surface area (Å²) in [6.07, 6.45) is 11.9. The van der Waals surface area contributed by atoms with Gasteiger partial charge in [0.2, 0.25) is 24.3 Å². The topological polar surface area (TPSA) is 30.5 Å². The van der Waals surface area contributed by atoms with Gasteiger partial charge in [-0.25, -0.2) is 9.13 Å². The molecule has 106 valence electrons. The van der Waals surface area contributed by atoms with Gasteiger partial charge in [0.15, 0.2) is 0 Å². The Kier molecular flexibility index (Phi) is 5.64. The van der Waals surface area contributed by atoms with Crippen LogP contribution in [0.4, 0.5) is 0 Å². The summed E-state index contributed by atoms with van der Waals surface area (Å²) in [6, 6.07) is 6.00. The molecule has 3 heterocycles. The molecule has 3 aromatic heterocycles. The van der Waals surface area contributed by atoms with Crippen molar-refractivity contribution < 1.29 is 43.1 Å². The van der Waals surface area contributed by atoms with Crippen molar-refractivity contribution in [3.8, 4) is 11.6 Å². The smallest absolute Gasteiger partial charge is 0.250 e. The molecule has 0 aliphatic carbocycles. The van der Waals surface area contributed by atoms with Gasteiger partial charge in [-0.15, -0.1) is 0 Å². The largest absolute Gasteiger partial charge is 1.00 e. The van der Waals surface area contributed by atoms with E-state index in [4.69, 9.17) is 0 Å². The number of hydrogen-bond acceptors (Lipinski definition) is 1. The van der Waals surface area contributed by atoms with Crippen LogP contribution in [-0.4, -0.2) is 14.1 Å². The van der Waals surface area contributed by atoms with Gasteiger partial charge in [0.05, 0.1) is 14.1 Å². The molecule has 0 N–H and O–H groups in total. The molecule has 0 radical (unpaired) electrons. The molecule has 0 saturated heterocycles. The van der Waals surface area contributed by atoms with Gasteiger partial charge in [-0.2, -0.15) is 14.1 Å². The van der Waals surface area contributed by atoms with Gasteiger partial charge in [0.25, 0.3) is 0 Å². The molecule has 0 unspecified atom stereocenters. The molecule has 0 fully saturated rings. The predicted octanol–water partition coefficient (Wildman–Crippen LogP) is -5.68. The monoisotopic (exact) mass is 399 g/mol. The van der Waals surface area contributed by atoms with Gasteiger partial charge in [-0.05, 0) is 0 Å². The molecule has 0 aliphatic heterocycles. The van der Waals surface area contributed by atoms with E-state index in [2.05, 4.69) is 4.98 Å². The lowest BCUT2D eigenvalue weighted by Crippen LogP contribution is -3.00. The van der Waals surface area contributed by atoms with Crippen molar-refractivity contribution in [1.82, 2.24) is 14.1 Å². The fraction of sp³-hybridized carbons (Fsp3) is 0.154. The minimum atomic E-state index is 0. The van der Waals surface area contributed by atoms with Gasteiger partial charge in [-0.1, -0.05) is 6.07 Å². The second-order valence-corrected chi connectivity index (χ2v) is 4.33. The molecule has 5 nitrogen and oxygen atoms in total. The maximum Gasteiger partial charge on any atom is 0.250 e. The van der Waals surface area contributed by atoms with Gasteiger partial charge < -0.3 is 34.0 Å². The number of nitrogens with zero attached hydrogens (tertiary/aromatic N) is 5. The summed E-state index contributed by atoms with van der Waals surface area (Å²) in [5, 5.41) is 0. The standard InChI is InChI=1S/C13H15N5.2BrH/c1-15-6-8-17(10-15)12-4-3-5-13(14-12)18-9-7-16(2)11-18;;/h3-11H,1-2H3;2*1H/q+2;;/p-2. The molecular formula is C13H15Br2N5. The second kappa shape index (κ2) is 6.81. The highest BCUT2D eigenvalue weighted by atomic mass is 79.9. The minimum absolute atomic E-state index is 0. The minimum Gasteiger partial charge on any atom is -1.00 e. The summed E-state index contributed by atoms with van der Waals surface area (Å²) in [7, 11) is 3.98. The first-order valence-electron chi connectivity index (χ1n) is 5.77. The molecule has 3 aromatic rings. The molecule has 0 aromatic carbocycles. The van der Waals surface area contributed by atoms with E-state index in [0.29, 0.717) is 0 Å². The number of aromatic nitrogens is 5. The van der Waals surface area contributed by atoms with Crippen LogP contribution in [0, 0.1) is 0 Å². The van der Waals surface area contributed by atoms with E-state index in [0.717, 1.165) is 11.6 Å². The Bertz CT molecular complexity index is 634. The van der Waals surface area contributed by atoms with Gasteiger partial charge in [0.1, 0.15) is 24.8 Å². The van der Waals surface area contributed by atoms with Crippen molar-refractivity contribution in [1.29, 1.82) is 0 Å². The molecule has 20 heavy (non-hydrogen) atoms. The average Bonchev–Trinajstić information content (AvgIpc) is 2.98. The molecule has 0 amide bonds. The average molecular weight is 401 g/mol. The van der Waals surface area contributed by atoms with Gasteiger partial charge in [0, 0.05) is 12.1 Å². The van der Waals surface area contributed by atoms with E-state index in [1.54, 1.807) is 0 Å². The van der Waals surface area contributed by atoms with E-state index >= 15 is 0 Å². The Balaban J connectivity index is 0.000001000. The van der Waals surface area contributed by atoms with E-state index < -0.39 is 0 Å². The number of rotatable bonds is 2. The molecule has 0 aliphatic rings. The van der Waals surface area contributed by atoms with Crippen LogP contribution in [0.15, 0.2) is 55.6 Å². The third kappa shape index (κ3) is 3.34. The molecule has 0 atom stereocenters. The van der Waals surface area contributed by atoms with Crippen LogP contribution >= 0.6 is 0 Å². The molecule has 0 saturated carbocycles. The van der Waals surface area contributed by atoms with E-state index in [9.17, 15) is 0 Å². The zero-order chi connectivity index (χ0) is 12.5. The molecule has 0 spiro atoms. The fourth-order valence-electron chi connectivity index (χ4n) is 1.87. The normalized spacial score (nSPS) is 9.70. The van der Waals surface area contributed by atoms with Crippen LogP contribution in [0.2, 0.25) is 0 Å². The quantitative estimate of drug-likeness (QED) is 0.394. The lowest BCUT2D eigenvalue weighted by molar-refractivity contribution is -0.670.